The molecule has 1 aliphatic rings. The van der Waals surface area contributed by atoms with Crippen molar-refractivity contribution >= 4 is 5.91 Å². The summed E-state index contributed by atoms with van der Waals surface area (Å²) in [6.45, 7) is 1.88. The average molecular weight is 254 g/mol. The smallest absolute Gasteiger partial charge is 0.253 e. The van der Waals surface area contributed by atoms with Crippen LogP contribution in [0.3, 0.4) is 0 Å². The third-order valence-corrected chi connectivity index (χ3v) is 3.40. The first-order valence-electron chi connectivity index (χ1n) is 6.06. The van der Waals surface area contributed by atoms with Gasteiger partial charge in [-0.1, -0.05) is 0 Å². The van der Waals surface area contributed by atoms with Gasteiger partial charge in [0.25, 0.3) is 5.91 Å². The lowest BCUT2D eigenvalue weighted by Crippen LogP contribution is -2.40. The second-order valence-electron chi connectivity index (χ2n) is 4.60. The van der Waals surface area contributed by atoms with Gasteiger partial charge in [-0.05, 0) is 43.5 Å². The second-order valence-corrected chi connectivity index (χ2v) is 4.60. The maximum absolute atomic E-state index is 13.1. The molecule has 0 aliphatic carbocycles. The molecule has 0 spiro atoms. The van der Waals surface area contributed by atoms with Crippen molar-refractivity contribution in [3.8, 4) is 0 Å². The van der Waals surface area contributed by atoms with E-state index in [4.69, 9.17) is 5.73 Å². The number of nitrogens with two attached hydrogens (primary N) is 1. The van der Waals surface area contributed by atoms with Crippen LogP contribution in [0.4, 0.5) is 8.78 Å². The van der Waals surface area contributed by atoms with Crippen molar-refractivity contribution in [1.82, 2.24) is 4.90 Å². The van der Waals surface area contributed by atoms with Crippen molar-refractivity contribution in [3.05, 3.63) is 35.4 Å². The quantitative estimate of drug-likeness (QED) is 0.874. The zero-order chi connectivity index (χ0) is 13.1. The monoisotopic (exact) mass is 254 g/mol. The summed E-state index contributed by atoms with van der Waals surface area (Å²) in [5.41, 5.74) is 5.77. The number of carbonyl (C=O) groups is 1. The number of benzene rings is 1. The van der Waals surface area contributed by atoms with E-state index in [1.807, 2.05) is 0 Å². The molecule has 1 aliphatic heterocycles. The van der Waals surface area contributed by atoms with E-state index in [1.54, 1.807) is 4.90 Å². The molecule has 1 fully saturated rings. The summed E-state index contributed by atoms with van der Waals surface area (Å²) in [7, 11) is 0. The van der Waals surface area contributed by atoms with Gasteiger partial charge in [0.05, 0.1) is 0 Å². The largest absolute Gasteiger partial charge is 0.339 e. The van der Waals surface area contributed by atoms with Crippen molar-refractivity contribution < 1.29 is 13.6 Å². The van der Waals surface area contributed by atoms with Crippen molar-refractivity contribution in [2.24, 2.45) is 11.7 Å². The molecule has 2 N–H and O–H groups in total. The molecule has 1 amide bonds. The van der Waals surface area contributed by atoms with E-state index in [1.165, 1.54) is 6.07 Å². The number of amides is 1. The molecule has 0 unspecified atom stereocenters. The first-order chi connectivity index (χ1) is 8.61. The molecule has 0 bridgehead atoms. The number of hydrogen-bond acceptors (Lipinski definition) is 2. The maximum atomic E-state index is 13.1. The van der Waals surface area contributed by atoms with Gasteiger partial charge < -0.3 is 10.6 Å². The predicted molar refractivity (Wildman–Crippen MR) is 64.0 cm³/mol. The minimum Gasteiger partial charge on any atom is -0.339 e. The van der Waals surface area contributed by atoms with E-state index in [2.05, 4.69) is 0 Å². The van der Waals surface area contributed by atoms with Gasteiger partial charge in [0.2, 0.25) is 0 Å². The average Bonchev–Trinajstić information content (AvgIpc) is 2.41. The third kappa shape index (κ3) is 2.67. The summed E-state index contributed by atoms with van der Waals surface area (Å²) < 4.78 is 25.8. The summed E-state index contributed by atoms with van der Waals surface area (Å²) >= 11 is 0. The van der Waals surface area contributed by atoms with Crippen LogP contribution >= 0.6 is 0 Å². The van der Waals surface area contributed by atoms with Crippen molar-refractivity contribution in [2.75, 3.05) is 19.6 Å². The highest BCUT2D eigenvalue weighted by Crippen LogP contribution is 2.18. The summed E-state index contributed by atoms with van der Waals surface area (Å²) in [5.74, 6) is -1.71. The maximum Gasteiger partial charge on any atom is 0.253 e. The first kappa shape index (κ1) is 13.0. The Morgan fingerprint density at radius 2 is 1.94 bits per heavy atom. The van der Waals surface area contributed by atoms with Crippen molar-refractivity contribution in [1.29, 1.82) is 0 Å². The van der Waals surface area contributed by atoms with Gasteiger partial charge in [0.15, 0.2) is 11.6 Å². The molecule has 1 saturated heterocycles. The lowest BCUT2D eigenvalue weighted by molar-refractivity contribution is 0.0693. The van der Waals surface area contributed by atoms with Crippen LogP contribution in [0.2, 0.25) is 0 Å². The molecule has 2 rings (SSSR count). The second kappa shape index (κ2) is 5.44. The number of nitrogens with zero attached hydrogens (tertiary/aromatic N) is 1. The van der Waals surface area contributed by atoms with Gasteiger partial charge in [-0.15, -0.1) is 0 Å². The number of halogens is 2. The van der Waals surface area contributed by atoms with Crippen LogP contribution < -0.4 is 5.73 Å². The molecule has 1 aromatic carbocycles. The number of likely N-dealkylation sites (tertiary alicyclic amines) is 1. The van der Waals surface area contributed by atoms with Crippen molar-refractivity contribution in [2.45, 2.75) is 12.8 Å². The lowest BCUT2D eigenvalue weighted by atomic mass is 9.96. The van der Waals surface area contributed by atoms with E-state index >= 15 is 0 Å². The topological polar surface area (TPSA) is 46.3 Å². The molecule has 98 valence electrons. The molecule has 0 aromatic heterocycles. The normalized spacial score (nSPS) is 16.9. The molecule has 1 aromatic rings. The van der Waals surface area contributed by atoms with Gasteiger partial charge in [0.1, 0.15) is 0 Å². The Balaban J connectivity index is 2.05. The fraction of sp³-hybridized carbons (Fsp3) is 0.462. The molecule has 1 heterocycles. The predicted octanol–water partition coefficient (Wildman–Crippen LogP) is 1.78. The Labute approximate surface area is 105 Å². The molecule has 0 atom stereocenters. The summed E-state index contributed by atoms with van der Waals surface area (Å²) in [4.78, 5) is 13.7. The fourth-order valence-electron chi connectivity index (χ4n) is 2.18. The van der Waals surface area contributed by atoms with Gasteiger partial charge in [-0.3, -0.25) is 4.79 Å². The number of carbonyl (C=O) groups excluding carboxylic acids is 1. The van der Waals surface area contributed by atoms with E-state index in [9.17, 15) is 13.6 Å². The van der Waals surface area contributed by atoms with Crippen molar-refractivity contribution in [3.63, 3.8) is 0 Å². The number of piperidine rings is 1. The number of hydrogen-bond donors (Lipinski definition) is 1. The fourth-order valence-corrected chi connectivity index (χ4v) is 2.18. The SMILES string of the molecule is NCC1CCN(C(=O)c2ccc(F)c(F)c2)CC1. The van der Waals surface area contributed by atoms with E-state index in [-0.39, 0.29) is 11.5 Å². The van der Waals surface area contributed by atoms with Gasteiger partial charge in [-0.2, -0.15) is 0 Å². The Morgan fingerprint density at radius 3 is 2.50 bits per heavy atom. The van der Waals surface area contributed by atoms with Crippen LogP contribution in [0.1, 0.15) is 23.2 Å². The molecular formula is C13H16F2N2O. The van der Waals surface area contributed by atoms with Gasteiger partial charge >= 0.3 is 0 Å². The van der Waals surface area contributed by atoms with Crippen LogP contribution in [-0.2, 0) is 0 Å². The molecule has 0 radical (unpaired) electrons. The summed E-state index contributed by atoms with van der Waals surface area (Å²) in [6, 6.07) is 3.25. The van der Waals surface area contributed by atoms with Crippen LogP contribution in [0.15, 0.2) is 18.2 Å². The standard InChI is InChI=1S/C13H16F2N2O/c14-11-2-1-10(7-12(11)15)13(18)17-5-3-9(8-16)4-6-17/h1-2,7,9H,3-6,8,16H2. The highest BCUT2D eigenvalue weighted by molar-refractivity contribution is 5.94. The Bertz CT molecular complexity index is 443. The van der Waals surface area contributed by atoms with E-state index in [0.29, 0.717) is 25.6 Å². The van der Waals surface area contributed by atoms with Crippen LogP contribution in [0.25, 0.3) is 0 Å². The van der Waals surface area contributed by atoms with Gasteiger partial charge in [0, 0.05) is 18.7 Å². The first-order valence-corrected chi connectivity index (χ1v) is 6.06. The highest BCUT2D eigenvalue weighted by Gasteiger charge is 2.23. The summed E-state index contributed by atoms with van der Waals surface area (Å²) in [6.07, 6.45) is 1.73. The summed E-state index contributed by atoms with van der Waals surface area (Å²) in [5, 5.41) is 0. The van der Waals surface area contributed by atoms with Crippen LogP contribution in [0, 0.1) is 17.6 Å². The lowest BCUT2D eigenvalue weighted by Gasteiger charge is -2.31. The Kier molecular flexibility index (Phi) is 3.91. The number of rotatable bonds is 2. The van der Waals surface area contributed by atoms with E-state index < -0.39 is 11.6 Å². The Morgan fingerprint density at radius 1 is 1.28 bits per heavy atom. The molecular weight excluding hydrogens is 238 g/mol. The molecule has 0 saturated carbocycles. The highest BCUT2D eigenvalue weighted by atomic mass is 19.2. The van der Waals surface area contributed by atoms with E-state index in [0.717, 1.165) is 25.0 Å². The zero-order valence-corrected chi connectivity index (χ0v) is 10.0. The van der Waals surface area contributed by atoms with Gasteiger partial charge in [-0.25, -0.2) is 8.78 Å². The Hall–Kier alpha value is -1.49. The molecule has 5 heteroatoms. The van der Waals surface area contributed by atoms with Crippen LogP contribution in [0.5, 0.6) is 0 Å². The molecule has 18 heavy (non-hydrogen) atoms. The minimum absolute atomic E-state index is 0.195. The van der Waals surface area contributed by atoms with Crippen LogP contribution in [-0.4, -0.2) is 30.4 Å². The minimum atomic E-state index is -0.988. The molecule has 3 nitrogen and oxygen atoms in total. The third-order valence-electron chi connectivity index (χ3n) is 3.40. The zero-order valence-electron chi connectivity index (χ0n) is 10.0.